The highest BCUT2D eigenvalue weighted by Gasteiger charge is 2.04. The van der Waals surface area contributed by atoms with Gasteiger partial charge in [0.15, 0.2) is 0 Å². The summed E-state index contributed by atoms with van der Waals surface area (Å²) >= 11 is 0. The number of benzene rings is 1. The summed E-state index contributed by atoms with van der Waals surface area (Å²) in [5, 5.41) is 0. The van der Waals surface area contributed by atoms with E-state index in [9.17, 15) is 0 Å². The van der Waals surface area contributed by atoms with Crippen LogP contribution < -0.4 is 10.5 Å². The van der Waals surface area contributed by atoms with E-state index in [4.69, 9.17) is 24.7 Å². The van der Waals surface area contributed by atoms with Crippen LogP contribution in [0.1, 0.15) is 24.9 Å². The van der Waals surface area contributed by atoms with Crippen LogP contribution in [0.25, 0.3) is 0 Å². The summed E-state index contributed by atoms with van der Waals surface area (Å²) in [6, 6.07) is 7.97. The Morgan fingerprint density at radius 1 is 1.00 bits per heavy atom. The Morgan fingerprint density at radius 3 is 2.33 bits per heavy atom. The Labute approximate surface area is 127 Å². The molecule has 0 amide bonds. The molecule has 0 saturated heterocycles. The number of rotatable bonds is 12. The third kappa shape index (κ3) is 8.02. The normalized spacial score (nSPS) is 12.3. The smallest absolute Gasteiger partial charge is 0.119 e. The summed E-state index contributed by atoms with van der Waals surface area (Å²) in [5.41, 5.74) is 7.10. The number of hydrogen-bond donors (Lipinski definition) is 1. The van der Waals surface area contributed by atoms with E-state index in [2.05, 4.69) is 6.92 Å². The fraction of sp³-hybridized carbons (Fsp3) is 0.625. The molecule has 0 saturated carbocycles. The van der Waals surface area contributed by atoms with Gasteiger partial charge in [0, 0.05) is 13.2 Å². The van der Waals surface area contributed by atoms with E-state index in [0.29, 0.717) is 39.6 Å². The number of ether oxygens (including phenoxy) is 4. The van der Waals surface area contributed by atoms with Crippen molar-refractivity contribution in [2.45, 2.75) is 19.4 Å². The van der Waals surface area contributed by atoms with Crippen LogP contribution in [0.15, 0.2) is 24.3 Å². The SMILES string of the molecule is CCC(N)c1cccc(OCCOCCOCCOC)c1. The molecular formula is C16H27NO4. The molecule has 1 atom stereocenters. The topological polar surface area (TPSA) is 62.9 Å². The zero-order chi connectivity index (χ0) is 15.3. The average molecular weight is 297 g/mol. The van der Waals surface area contributed by atoms with Gasteiger partial charge in [-0.15, -0.1) is 0 Å². The second kappa shape index (κ2) is 11.5. The zero-order valence-electron chi connectivity index (χ0n) is 13.0. The van der Waals surface area contributed by atoms with Crippen molar-refractivity contribution in [3.8, 4) is 5.75 Å². The Kier molecular flexibility index (Phi) is 9.82. The molecule has 0 heterocycles. The molecule has 0 aliphatic rings. The molecular weight excluding hydrogens is 270 g/mol. The first-order valence-electron chi connectivity index (χ1n) is 7.40. The molecule has 0 fully saturated rings. The van der Waals surface area contributed by atoms with Crippen LogP contribution in [0.2, 0.25) is 0 Å². The third-order valence-corrected chi connectivity index (χ3v) is 3.03. The lowest BCUT2D eigenvalue weighted by Crippen LogP contribution is -2.12. The minimum absolute atomic E-state index is 0.0639. The standard InChI is InChI=1S/C16H27NO4/c1-3-16(17)14-5-4-6-15(13-14)21-12-11-20-10-9-19-8-7-18-2/h4-6,13,16H,3,7-12,17H2,1-2H3. The van der Waals surface area contributed by atoms with E-state index in [-0.39, 0.29) is 6.04 Å². The molecule has 1 aromatic carbocycles. The molecule has 0 spiro atoms. The monoisotopic (exact) mass is 297 g/mol. The first-order chi connectivity index (χ1) is 10.3. The van der Waals surface area contributed by atoms with Gasteiger partial charge in [-0.2, -0.15) is 0 Å². The maximum Gasteiger partial charge on any atom is 0.119 e. The summed E-state index contributed by atoms with van der Waals surface area (Å²) in [6.45, 7) is 5.47. The fourth-order valence-electron chi connectivity index (χ4n) is 1.75. The van der Waals surface area contributed by atoms with Crippen LogP contribution in [0, 0.1) is 0 Å². The van der Waals surface area contributed by atoms with Crippen LogP contribution >= 0.6 is 0 Å². The highest BCUT2D eigenvalue weighted by Crippen LogP contribution is 2.19. The van der Waals surface area contributed by atoms with Crippen molar-refractivity contribution in [1.82, 2.24) is 0 Å². The highest BCUT2D eigenvalue weighted by atomic mass is 16.6. The molecule has 1 aromatic rings. The van der Waals surface area contributed by atoms with Crippen molar-refractivity contribution in [2.75, 3.05) is 46.8 Å². The molecule has 0 aliphatic heterocycles. The number of methoxy groups -OCH3 is 1. The average Bonchev–Trinajstić information content (AvgIpc) is 2.53. The first-order valence-corrected chi connectivity index (χ1v) is 7.40. The van der Waals surface area contributed by atoms with Gasteiger partial charge in [-0.25, -0.2) is 0 Å². The van der Waals surface area contributed by atoms with Crippen molar-refractivity contribution in [3.05, 3.63) is 29.8 Å². The molecule has 5 nitrogen and oxygen atoms in total. The molecule has 0 aliphatic carbocycles. The summed E-state index contributed by atoms with van der Waals surface area (Å²) in [6.07, 6.45) is 0.912. The van der Waals surface area contributed by atoms with Crippen molar-refractivity contribution in [1.29, 1.82) is 0 Å². The number of nitrogens with two attached hydrogens (primary N) is 1. The molecule has 21 heavy (non-hydrogen) atoms. The maximum absolute atomic E-state index is 6.00. The van der Waals surface area contributed by atoms with Gasteiger partial charge in [-0.3, -0.25) is 0 Å². The fourth-order valence-corrected chi connectivity index (χ4v) is 1.75. The maximum atomic E-state index is 6.00. The lowest BCUT2D eigenvalue weighted by molar-refractivity contribution is 0.0179. The summed E-state index contributed by atoms with van der Waals surface area (Å²) < 4.78 is 21.2. The van der Waals surface area contributed by atoms with E-state index in [1.165, 1.54) is 0 Å². The van der Waals surface area contributed by atoms with E-state index in [1.54, 1.807) is 7.11 Å². The van der Waals surface area contributed by atoms with Crippen LogP contribution in [0.3, 0.4) is 0 Å². The summed E-state index contributed by atoms with van der Waals surface area (Å²) in [4.78, 5) is 0. The van der Waals surface area contributed by atoms with Crippen molar-refractivity contribution in [3.63, 3.8) is 0 Å². The van der Waals surface area contributed by atoms with E-state index >= 15 is 0 Å². The van der Waals surface area contributed by atoms with Gasteiger partial charge in [-0.1, -0.05) is 19.1 Å². The number of hydrogen-bond acceptors (Lipinski definition) is 5. The molecule has 5 heteroatoms. The van der Waals surface area contributed by atoms with E-state index in [0.717, 1.165) is 17.7 Å². The van der Waals surface area contributed by atoms with Crippen molar-refractivity contribution < 1.29 is 18.9 Å². The van der Waals surface area contributed by atoms with Crippen LogP contribution in [-0.4, -0.2) is 46.8 Å². The van der Waals surface area contributed by atoms with Gasteiger partial charge >= 0.3 is 0 Å². The van der Waals surface area contributed by atoms with Crippen molar-refractivity contribution in [2.24, 2.45) is 5.73 Å². The molecule has 0 radical (unpaired) electrons. The third-order valence-electron chi connectivity index (χ3n) is 3.03. The van der Waals surface area contributed by atoms with E-state index < -0.39 is 0 Å². The van der Waals surface area contributed by atoms with Crippen LogP contribution in [0.4, 0.5) is 0 Å². The lowest BCUT2D eigenvalue weighted by Gasteiger charge is -2.12. The second-order valence-corrected chi connectivity index (χ2v) is 4.65. The van der Waals surface area contributed by atoms with Gasteiger partial charge in [0.25, 0.3) is 0 Å². The minimum Gasteiger partial charge on any atom is -0.491 e. The molecule has 1 rings (SSSR count). The lowest BCUT2D eigenvalue weighted by atomic mass is 10.1. The predicted molar refractivity (Wildman–Crippen MR) is 82.7 cm³/mol. The van der Waals surface area contributed by atoms with Gasteiger partial charge in [0.2, 0.25) is 0 Å². The zero-order valence-corrected chi connectivity index (χ0v) is 13.0. The quantitative estimate of drug-likeness (QED) is 0.599. The van der Waals surface area contributed by atoms with Crippen molar-refractivity contribution >= 4 is 0 Å². The van der Waals surface area contributed by atoms with E-state index in [1.807, 2.05) is 24.3 Å². The Morgan fingerprint density at radius 2 is 1.67 bits per heavy atom. The molecule has 2 N–H and O–H groups in total. The Hall–Kier alpha value is -1.14. The molecule has 0 bridgehead atoms. The predicted octanol–water partition coefficient (Wildman–Crippen LogP) is 2.15. The summed E-state index contributed by atoms with van der Waals surface area (Å²) in [5.74, 6) is 0.830. The molecule has 120 valence electrons. The molecule has 0 aromatic heterocycles. The van der Waals surface area contributed by atoms with Gasteiger partial charge in [0.1, 0.15) is 12.4 Å². The first kappa shape index (κ1) is 17.9. The van der Waals surface area contributed by atoms with Gasteiger partial charge in [-0.05, 0) is 24.1 Å². The largest absolute Gasteiger partial charge is 0.491 e. The Bertz CT molecular complexity index is 373. The molecule has 1 unspecified atom stereocenters. The van der Waals surface area contributed by atoms with Crippen LogP contribution in [-0.2, 0) is 14.2 Å². The summed E-state index contributed by atoms with van der Waals surface area (Å²) in [7, 11) is 1.65. The second-order valence-electron chi connectivity index (χ2n) is 4.65. The highest BCUT2D eigenvalue weighted by molar-refractivity contribution is 5.30. The van der Waals surface area contributed by atoms with Gasteiger partial charge in [0.05, 0.1) is 33.0 Å². The minimum atomic E-state index is 0.0639. The Balaban J connectivity index is 2.10. The van der Waals surface area contributed by atoms with Crippen LogP contribution in [0.5, 0.6) is 5.75 Å². The van der Waals surface area contributed by atoms with Gasteiger partial charge < -0.3 is 24.7 Å².